The van der Waals surface area contributed by atoms with E-state index >= 15 is 0 Å². The highest BCUT2D eigenvalue weighted by Gasteiger charge is 2.19. The van der Waals surface area contributed by atoms with Gasteiger partial charge in [0.15, 0.2) is 0 Å². The highest BCUT2D eigenvalue weighted by atomic mass is 16.4. The number of carboxylic acid groups (broad SMARTS) is 1. The Bertz CT molecular complexity index is 608. The number of hydrogen-bond donors (Lipinski definition) is 2. The Morgan fingerprint density at radius 3 is 2.48 bits per heavy atom. The van der Waals surface area contributed by atoms with Crippen LogP contribution in [0.5, 0.6) is 0 Å². The van der Waals surface area contributed by atoms with E-state index in [-0.39, 0.29) is 0 Å². The van der Waals surface area contributed by atoms with Crippen LogP contribution >= 0.6 is 0 Å². The van der Waals surface area contributed by atoms with Crippen LogP contribution in [0.1, 0.15) is 23.6 Å². The molecule has 0 heterocycles. The minimum atomic E-state index is -0.829. The lowest BCUT2D eigenvalue weighted by Gasteiger charge is -2.20. The van der Waals surface area contributed by atoms with Crippen molar-refractivity contribution in [1.29, 1.82) is 0 Å². The highest BCUT2D eigenvalue weighted by Crippen LogP contribution is 2.22. The van der Waals surface area contributed by atoms with Crippen molar-refractivity contribution in [3.05, 3.63) is 65.2 Å². The van der Waals surface area contributed by atoms with Gasteiger partial charge in [0.05, 0.1) is 0 Å². The van der Waals surface area contributed by atoms with Gasteiger partial charge >= 0.3 is 5.97 Å². The first-order chi connectivity index (χ1) is 10.1. The molecule has 0 aliphatic carbocycles. The van der Waals surface area contributed by atoms with Gasteiger partial charge in [-0.25, -0.2) is 4.79 Å². The van der Waals surface area contributed by atoms with Crippen molar-refractivity contribution in [1.82, 2.24) is 0 Å². The first kappa shape index (κ1) is 15.1. The van der Waals surface area contributed by atoms with Crippen molar-refractivity contribution in [2.45, 2.75) is 32.7 Å². The number of para-hydroxylation sites is 1. The number of carboxylic acids is 1. The van der Waals surface area contributed by atoms with E-state index < -0.39 is 12.0 Å². The molecule has 2 rings (SSSR count). The number of aryl methyl sites for hydroxylation is 2. The molecular weight excluding hydrogens is 262 g/mol. The molecule has 110 valence electrons. The van der Waals surface area contributed by atoms with Gasteiger partial charge in [-0.05, 0) is 30.0 Å². The lowest BCUT2D eigenvalue weighted by Crippen LogP contribution is -2.32. The summed E-state index contributed by atoms with van der Waals surface area (Å²) in [4.78, 5) is 11.6. The Labute approximate surface area is 125 Å². The van der Waals surface area contributed by atoms with Crippen LogP contribution in [0.3, 0.4) is 0 Å². The van der Waals surface area contributed by atoms with Crippen molar-refractivity contribution in [2.24, 2.45) is 0 Å². The smallest absolute Gasteiger partial charge is 0.326 e. The molecule has 0 aromatic heterocycles. The van der Waals surface area contributed by atoms with E-state index in [1.54, 1.807) is 0 Å². The molecule has 0 saturated carbocycles. The molecule has 0 saturated heterocycles. The largest absolute Gasteiger partial charge is 0.480 e. The Kier molecular flexibility index (Phi) is 4.99. The van der Waals surface area contributed by atoms with E-state index in [0.717, 1.165) is 28.8 Å². The Hall–Kier alpha value is -2.29. The number of nitrogens with one attached hydrogen (secondary N) is 1. The van der Waals surface area contributed by atoms with Gasteiger partial charge in [-0.3, -0.25) is 0 Å². The molecule has 3 heteroatoms. The summed E-state index contributed by atoms with van der Waals surface area (Å²) in [7, 11) is 0. The number of anilines is 1. The maximum Gasteiger partial charge on any atom is 0.326 e. The van der Waals surface area contributed by atoms with E-state index in [2.05, 4.69) is 12.2 Å². The first-order valence-corrected chi connectivity index (χ1v) is 7.23. The lowest BCUT2D eigenvalue weighted by atomic mass is 10.0. The molecule has 2 N–H and O–H groups in total. The normalized spacial score (nSPS) is 11.9. The molecule has 2 aromatic rings. The minimum Gasteiger partial charge on any atom is -0.480 e. The molecule has 2 aromatic carbocycles. The van der Waals surface area contributed by atoms with Crippen molar-refractivity contribution in [3.8, 4) is 0 Å². The summed E-state index contributed by atoms with van der Waals surface area (Å²) in [5.41, 5.74) is 4.19. The lowest BCUT2D eigenvalue weighted by molar-refractivity contribution is -0.137. The molecule has 21 heavy (non-hydrogen) atoms. The van der Waals surface area contributed by atoms with E-state index in [4.69, 9.17) is 0 Å². The van der Waals surface area contributed by atoms with Crippen LogP contribution in [0, 0.1) is 6.92 Å². The predicted octanol–water partition coefficient (Wildman–Crippen LogP) is 3.67. The topological polar surface area (TPSA) is 49.3 Å². The van der Waals surface area contributed by atoms with Crippen LogP contribution < -0.4 is 5.32 Å². The summed E-state index contributed by atoms with van der Waals surface area (Å²) in [6, 6.07) is 15.1. The van der Waals surface area contributed by atoms with Crippen LogP contribution in [0.15, 0.2) is 48.5 Å². The molecule has 0 fully saturated rings. The second-order valence-corrected chi connectivity index (χ2v) is 5.19. The van der Waals surface area contributed by atoms with Crippen LogP contribution in [-0.4, -0.2) is 17.1 Å². The molecule has 3 nitrogen and oxygen atoms in total. The zero-order valence-corrected chi connectivity index (χ0v) is 12.5. The number of hydrogen-bond acceptors (Lipinski definition) is 2. The zero-order chi connectivity index (χ0) is 15.2. The number of aliphatic carboxylic acids is 1. The number of rotatable bonds is 6. The van der Waals surface area contributed by atoms with Crippen molar-refractivity contribution < 1.29 is 9.90 Å². The molecule has 0 aliphatic heterocycles. The van der Waals surface area contributed by atoms with Gasteiger partial charge < -0.3 is 10.4 Å². The molecular formula is C18H21NO2. The molecule has 0 radical (unpaired) electrons. The highest BCUT2D eigenvalue weighted by molar-refractivity contribution is 5.78. The SMILES string of the molecule is CCc1cccc(C)c1N[C@H](Cc1ccccc1)C(=O)O. The van der Waals surface area contributed by atoms with Gasteiger partial charge in [-0.2, -0.15) is 0 Å². The minimum absolute atomic E-state index is 0.466. The fourth-order valence-corrected chi connectivity index (χ4v) is 2.45. The fraction of sp³-hybridized carbons (Fsp3) is 0.278. The predicted molar refractivity (Wildman–Crippen MR) is 85.7 cm³/mol. The van der Waals surface area contributed by atoms with Crippen molar-refractivity contribution in [2.75, 3.05) is 5.32 Å². The van der Waals surface area contributed by atoms with E-state index in [0.29, 0.717) is 6.42 Å². The Morgan fingerprint density at radius 1 is 1.14 bits per heavy atom. The molecule has 0 bridgehead atoms. The van der Waals surface area contributed by atoms with Crippen LogP contribution in [0.2, 0.25) is 0 Å². The van der Waals surface area contributed by atoms with Crippen molar-refractivity contribution >= 4 is 11.7 Å². The van der Waals surface area contributed by atoms with E-state index in [1.807, 2.05) is 55.5 Å². The number of benzene rings is 2. The number of carbonyl (C=O) groups is 1. The third-order valence-corrected chi connectivity index (χ3v) is 3.64. The second kappa shape index (κ2) is 6.93. The van der Waals surface area contributed by atoms with E-state index in [9.17, 15) is 9.90 Å². The summed E-state index contributed by atoms with van der Waals surface area (Å²) in [5.74, 6) is -0.829. The standard InChI is InChI=1S/C18H21NO2/c1-3-15-11-7-8-13(2)17(15)19-16(18(20)21)12-14-9-5-4-6-10-14/h4-11,16,19H,3,12H2,1-2H3,(H,20,21)/t16-/m1/s1. The van der Waals surface area contributed by atoms with Gasteiger partial charge in [-0.15, -0.1) is 0 Å². The average Bonchev–Trinajstić information content (AvgIpc) is 2.49. The van der Waals surface area contributed by atoms with Crippen LogP contribution in [0.25, 0.3) is 0 Å². The fourth-order valence-electron chi connectivity index (χ4n) is 2.45. The van der Waals surface area contributed by atoms with Gasteiger partial charge in [-0.1, -0.05) is 55.5 Å². The summed E-state index contributed by atoms with van der Waals surface area (Å²) in [6.07, 6.45) is 1.34. The van der Waals surface area contributed by atoms with Crippen LogP contribution in [0.4, 0.5) is 5.69 Å². The first-order valence-electron chi connectivity index (χ1n) is 7.23. The van der Waals surface area contributed by atoms with Gasteiger partial charge in [0.1, 0.15) is 6.04 Å². The molecule has 0 aliphatic rings. The summed E-state index contributed by atoms with van der Waals surface area (Å²) >= 11 is 0. The third-order valence-electron chi connectivity index (χ3n) is 3.64. The summed E-state index contributed by atoms with van der Waals surface area (Å²) < 4.78 is 0. The zero-order valence-electron chi connectivity index (χ0n) is 12.5. The monoisotopic (exact) mass is 283 g/mol. The molecule has 0 spiro atoms. The third kappa shape index (κ3) is 3.85. The molecule has 1 atom stereocenters. The molecule has 0 unspecified atom stereocenters. The van der Waals surface area contributed by atoms with Crippen molar-refractivity contribution in [3.63, 3.8) is 0 Å². The maximum absolute atomic E-state index is 11.6. The average molecular weight is 283 g/mol. The molecule has 0 amide bonds. The maximum atomic E-state index is 11.6. The van der Waals surface area contributed by atoms with Gasteiger partial charge in [0.2, 0.25) is 0 Å². The Morgan fingerprint density at radius 2 is 1.86 bits per heavy atom. The quantitative estimate of drug-likeness (QED) is 0.850. The Balaban J connectivity index is 2.23. The second-order valence-electron chi connectivity index (χ2n) is 5.19. The summed E-state index contributed by atoms with van der Waals surface area (Å²) in [6.45, 7) is 4.08. The van der Waals surface area contributed by atoms with Gasteiger partial charge in [0, 0.05) is 12.1 Å². The van der Waals surface area contributed by atoms with Gasteiger partial charge in [0.25, 0.3) is 0 Å². The van der Waals surface area contributed by atoms with E-state index in [1.165, 1.54) is 0 Å². The summed E-state index contributed by atoms with van der Waals surface area (Å²) in [5, 5.41) is 12.7. The van der Waals surface area contributed by atoms with Crippen LogP contribution in [-0.2, 0) is 17.6 Å².